The molecule has 0 saturated heterocycles. The number of aliphatic imine (C=N–C) groups is 1. The lowest BCUT2D eigenvalue weighted by Gasteiger charge is -2.48. The maximum absolute atomic E-state index is 14.6. The van der Waals surface area contributed by atoms with E-state index in [4.69, 9.17) is 0 Å². The second kappa shape index (κ2) is 12.8. The predicted octanol–water partition coefficient (Wildman–Crippen LogP) is 5.00. The van der Waals surface area contributed by atoms with Gasteiger partial charge in [0, 0.05) is 29.4 Å². The third kappa shape index (κ3) is 6.63. The fourth-order valence-electron chi connectivity index (χ4n) is 5.41. The summed E-state index contributed by atoms with van der Waals surface area (Å²) in [5, 5.41) is 15.2. The first-order chi connectivity index (χ1) is 19.8. The van der Waals surface area contributed by atoms with Crippen LogP contribution in [0.3, 0.4) is 0 Å². The molecule has 0 saturated carbocycles. The molecule has 0 bridgehead atoms. The summed E-state index contributed by atoms with van der Waals surface area (Å²) in [5.41, 5.74) is 1.97. The normalized spacial score (nSPS) is 20.0. The van der Waals surface area contributed by atoms with E-state index in [9.17, 15) is 19.5 Å². The molecule has 8 nitrogen and oxygen atoms in total. The maximum atomic E-state index is 14.6. The second-order valence-corrected chi connectivity index (χ2v) is 13.9. The van der Waals surface area contributed by atoms with Crippen molar-refractivity contribution in [1.82, 2.24) is 14.9 Å². The zero-order valence-corrected chi connectivity index (χ0v) is 26.3. The van der Waals surface area contributed by atoms with Crippen molar-refractivity contribution in [2.75, 3.05) is 6.54 Å². The third-order valence-electron chi connectivity index (χ3n) is 7.45. The first kappa shape index (κ1) is 31.5. The Bertz CT molecular complexity index is 1360. The number of thioether (sulfide) groups is 1. The molecule has 0 fully saturated rings. The molecule has 0 spiro atoms. The minimum absolute atomic E-state index is 0.177. The summed E-state index contributed by atoms with van der Waals surface area (Å²) >= 11 is 1.49. The lowest BCUT2D eigenvalue weighted by Crippen LogP contribution is -2.64. The van der Waals surface area contributed by atoms with Crippen LogP contribution in [0.5, 0.6) is 0 Å². The summed E-state index contributed by atoms with van der Waals surface area (Å²) < 4.78 is -0.189. The molecule has 3 amide bonds. The number of aliphatic hydroxyl groups is 1. The van der Waals surface area contributed by atoms with Gasteiger partial charge in [-0.2, -0.15) is 0 Å². The zero-order chi connectivity index (χ0) is 30.8. The minimum atomic E-state index is -1.14. The van der Waals surface area contributed by atoms with Crippen LogP contribution >= 0.6 is 11.8 Å². The number of hydrogen-bond acceptors (Lipinski definition) is 6. The number of carbonyl (C=O) groups is 3. The van der Waals surface area contributed by atoms with E-state index in [1.807, 2.05) is 88.4 Å². The Hall–Kier alpha value is -3.43. The van der Waals surface area contributed by atoms with Crippen molar-refractivity contribution >= 4 is 40.2 Å². The second-order valence-electron chi connectivity index (χ2n) is 12.2. The average Bonchev–Trinajstić information content (AvgIpc) is 3.32. The smallest absolute Gasteiger partial charge is 0.269 e. The summed E-state index contributed by atoms with van der Waals surface area (Å²) in [6, 6.07) is 17.2. The van der Waals surface area contributed by atoms with Gasteiger partial charge in [-0.15, -0.1) is 11.8 Å². The number of hydrogen-bond donors (Lipinski definition) is 1. The molecule has 3 atom stereocenters. The lowest BCUT2D eigenvalue weighted by atomic mass is 9.95. The molecule has 2 aliphatic heterocycles. The Kier molecular flexibility index (Phi) is 9.63. The van der Waals surface area contributed by atoms with Crippen LogP contribution in [0, 0.1) is 11.8 Å². The first-order valence-corrected chi connectivity index (χ1v) is 15.3. The van der Waals surface area contributed by atoms with Gasteiger partial charge in [0.2, 0.25) is 11.8 Å². The fraction of sp³-hybridized carbons (Fsp3) is 0.455. The number of amides is 3. The molecule has 2 aromatic rings. The molecule has 2 aromatic carbocycles. The van der Waals surface area contributed by atoms with Crippen molar-refractivity contribution in [2.24, 2.45) is 16.8 Å². The summed E-state index contributed by atoms with van der Waals surface area (Å²) in [5.74, 6) is -1.56. The molecular formula is C33H42N4O4S. The van der Waals surface area contributed by atoms with Gasteiger partial charge in [0.1, 0.15) is 12.1 Å². The number of nitrogens with zero attached hydrogens (tertiary/aromatic N) is 4. The third-order valence-corrected chi connectivity index (χ3v) is 8.72. The van der Waals surface area contributed by atoms with Gasteiger partial charge in [-0.1, -0.05) is 88.4 Å². The molecule has 1 N–H and O–H groups in total. The number of rotatable bonds is 9. The Balaban J connectivity index is 1.91. The zero-order valence-electron chi connectivity index (χ0n) is 25.5. The SMILES string of the molecule is CC(=O)N([C@@H](Cc1ccccc1)C(O)C1=NCC(C)(C)S1)N1C(=O)C(C(C)C)N(C(=O)C(C)C)C=C1c1ccccc1. The highest BCUT2D eigenvalue weighted by atomic mass is 32.2. The molecule has 2 unspecified atom stereocenters. The van der Waals surface area contributed by atoms with Crippen molar-refractivity contribution in [3.05, 3.63) is 78.0 Å². The number of aliphatic hydroxyl groups excluding tert-OH is 1. The quantitative estimate of drug-likeness (QED) is 0.444. The van der Waals surface area contributed by atoms with Crippen LogP contribution in [0.4, 0.5) is 0 Å². The monoisotopic (exact) mass is 590 g/mol. The Morgan fingerprint density at radius 3 is 2.14 bits per heavy atom. The van der Waals surface area contributed by atoms with E-state index in [0.717, 1.165) is 5.56 Å². The largest absolute Gasteiger partial charge is 0.384 e. The standard InChI is InChI=1S/C33H42N4O4S/c1-21(2)28-32(41)37(27(25-16-12-9-13-17-25)19-35(28)31(40)22(3)4)36(23(5)38)26(18-24-14-10-8-11-15-24)29(39)30-34-20-33(6,7)42-30/h8-17,19,21-22,26,28-29,39H,18,20H2,1-7H3/t26-,28?,29?/m0/s1. The molecule has 2 heterocycles. The highest BCUT2D eigenvalue weighted by Gasteiger charge is 2.47. The molecule has 2 aliphatic rings. The molecule has 0 aromatic heterocycles. The van der Waals surface area contributed by atoms with Gasteiger partial charge < -0.3 is 10.0 Å². The minimum Gasteiger partial charge on any atom is -0.384 e. The van der Waals surface area contributed by atoms with Crippen LogP contribution in [-0.2, 0) is 20.8 Å². The lowest BCUT2D eigenvalue weighted by molar-refractivity contribution is -0.169. The van der Waals surface area contributed by atoms with Crippen molar-refractivity contribution < 1.29 is 19.5 Å². The van der Waals surface area contributed by atoms with Crippen LogP contribution in [0.2, 0.25) is 0 Å². The Morgan fingerprint density at radius 1 is 1.05 bits per heavy atom. The van der Waals surface area contributed by atoms with E-state index in [-0.39, 0.29) is 28.9 Å². The molecule has 42 heavy (non-hydrogen) atoms. The van der Waals surface area contributed by atoms with Crippen LogP contribution in [0.15, 0.2) is 71.9 Å². The first-order valence-electron chi connectivity index (χ1n) is 14.5. The van der Waals surface area contributed by atoms with Crippen molar-refractivity contribution in [3.63, 3.8) is 0 Å². The van der Waals surface area contributed by atoms with Gasteiger partial charge in [-0.25, -0.2) is 10.0 Å². The highest BCUT2D eigenvalue weighted by Crippen LogP contribution is 2.37. The van der Waals surface area contributed by atoms with E-state index in [1.165, 1.54) is 33.6 Å². The topological polar surface area (TPSA) is 93.5 Å². The van der Waals surface area contributed by atoms with Crippen LogP contribution in [-0.4, -0.2) is 72.3 Å². The number of hydrazine groups is 1. The van der Waals surface area contributed by atoms with E-state index in [1.54, 1.807) is 6.20 Å². The van der Waals surface area contributed by atoms with Crippen molar-refractivity contribution in [1.29, 1.82) is 0 Å². The van der Waals surface area contributed by atoms with Gasteiger partial charge in [0.25, 0.3) is 5.91 Å². The Labute approximate surface area is 253 Å². The van der Waals surface area contributed by atoms with Gasteiger partial charge in [0.15, 0.2) is 0 Å². The molecule has 0 radical (unpaired) electrons. The van der Waals surface area contributed by atoms with Crippen LogP contribution < -0.4 is 0 Å². The molecule has 0 aliphatic carbocycles. The summed E-state index contributed by atoms with van der Waals surface area (Å²) in [7, 11) is 0. The van der Waals surface area contributed by atoms with E-state index < -0.39 is 30.0 Å². The molecule has 4 rings (SSSR count). The van der Waals surface area contributed by atoms with Crippen LogP contribution in [0.25, 0.3) is 5.70 Å². The average molecular weight is 591 g/mol. The summed E-state index contributed by atoms with van der Waals surface area (Å²) in [6.07, 6.45) is 0.837. The summed E-state index contributed by atoms with van der Waals surface area (Å²) in [4.78, 5) is 47.9. The predicted molar refractivity (Wildman–Crippen MR) is 168 cm³/mol. The van der Waals surface area contributed by atoms with Gasteiger partial charge in [0.05, 0.1) is 23.3 Å². The number of carbonyl (C=O) groups excluding carboxylic acids is 3. The Morgan fingerprint density at radius 2 is 1.64 bits per heavy atom. The summed E-state index contributed by atoms with van der Waals surface area (Å²) in [6.45, 7) is 13.5. The van der Waals surface area contributed by atoms with Crippen molar-refractivity contribution in [2.45, 2.75) is 77.8 Å². The molecule has 9 heteroatoms. The van der Waals surface area contributed by atoms with Gasteiger partial charge >= 0.3 is 0 Å². The van der Waals surface area contributed by atoms with Gasteiger partial charge in [-0.3, -0.25) is 19.4 Å². The van der Waals surface area contributed by atoms with E-state index in [2.05, 4.69) is 18.8 Å². The van der Waals surface area contributed by atoms with Gasteiger partial charge in [-0.05, 0) is 31.7 Å². The maximum Gasteiger partial charge on any atom is 0.269 e. The van der Waals surface area contributed by atoms with E-state index in [0.29, 0.717) is 22.8 Å². The molecule has 224 valence electrons. The highest BCUT2D eigenvalue weighted by molar-refractivity contribution is 8.15. The van der Waals surface area contributed by atoms with E-state index >= 15 is 0 Å². The molecular weight excluding hydrogens is 548 g/mol. The fourth-order valence-corrected chi connectivity index (χ4v) is 6.51. The van der Waals surface area contributed by atoms with Crippen molar-refractivity contribution in [3.8, 4) is 0 Å². The number of benzene rings is 2. The van der Waals surface area contributed by atoms with Crippen LogP contribution in [0.1, 0.15) is 59.6 Å².